The van der Waals surface area contributed by atoms with E-state index >= 15 is 0 Å². The Balaban J connectivity index is 1.62. The van der Waals surface area contributed by atoms with E-state index in [0.717, 1.165) is 29.7 Å². The molecule has 0 fully saturated rings. The molecule has 2 aromatic heterocycles. The topological polar surface area (TPSA) is 56.5 Å². The lowest BCUT2D eigenvalue weighted by Gasteiger charge is -2.05. The number of halogens is 1. The largest absolute Gasteiger partial charge is 0.494 e. The fraction of sp³-hybridized carbons (Fsp3) is 0.190. The summed E-state index contributed by atoms with van der Waals surface area (Å²) in [4.78, 5) is 17.7. The molecule has 2 aromatic carbocycles. The van der Waals surface area contributed by atoms with Gasteiger partial charge in [0.05, 0.1) is 11.1 Å². The third-order valence-electron chi connectivity index (χ3n) is 4.21. The molecule has 0 saturated heterocycles. The van der Waals surface area contributed by atoms with Crippen molar-refractivity contribution in [1.29, 1.82) is 0 Å². The number of benzene rings is 2. The molecule has 4 rings (SSSR count). The van der Waals surface area contributed by atoms with E-state index in [0.29, 0.717) is 26.9 Å². The van der Waals surface area contributed by atoms with Crippen molar-refractivity contribution >= 4 is 34.0 Å². The molecule has 0 unspecified atom stereocenters. The Morgan fingerprint density at radius 3 is 2.75 bits per heavy atom. The number of aromatic nitrogens is 3. The summed E-state index contributed by atoms with van der Waals surface area (Å²) in [5.74, 6) is 1.35. The molecule has 0 bridgehead atoms. The van der Waals surface area contributed by atoms with E-state index < -0.39 is 0 Å². The molecule has 142 valence electrons. The highest BCUT2D eigenvalue weighted by Gasteiger charge is 2.12. The van der Waals surface area contributed by atoms with Crippen LogP contribution in [0.1, 0.15) is 25.3 Å². The van der Waals surface area contributed by atoms with Crippen LogP contribution in [0.15, 0.2) is 53.3 Å². The summed E-state index contributed by atoms with van der Waals surface area (Å²) in [6.07, 6.45) is 3.93. The molecular formula is C21H18ClN3O2S. The van der Waals surface area contributed by atoms with E-state index in [9.17, 15) is 4.79 Å². The maximum absolute atomic E-state index is 12.6. The van der Waals surface area contributed by atoms with Crippen LogP contribution in [-0.4, -0.2) is 21.2 Å². The molecule has 0 atom stereocenters. The van der Waals surface area contributed by atoms with Gasteiger partial charge in [-0.3, -0.25) is 4.79 Å². The van der Waals surface area contributed by atoms with Crippen molar-refractivity contribution in [1.82, 2.24) is 14.6 Å². The zero-order valence-corrected chi connectivity index (χ0v) is 16.8. The first kappa shape index (κ1) is 18.7. The van der Waals surface area contributed by atoms with Crippen LogP contribution in [0.2, 0.25) is 5.02 Å². The lowest BCUT2D eigenvalue weighted by Crippen LogP contribution is -2.23. The van der Waals surface area contributed by atoms with Crippen LogP contribution in [-0.2, 0) is 0 Å². The number of hydrogen-bond donors (Lipinski definition) is 0. The Morgan fingerprint density at radius 1 is 1.21 bits per heavy atom. The molecule has 0 aliphatic carbocycles. The fourth-order valence-corrected chi connectivity index (χ4v) is 3.84. The summed E-state index contributed by atoms with van der Waals surface area (Å²) < 4.78 is 7.60. The third-order valence-corrected chi connectivity index (χ3v) is 5.40. The number of rotatable bonds is 6. The van der Waals surface area contributed by atoms with E-state index in [2.05, 4.69) is 17.0 Å². The summed E-state index contributed by atoms with van der Waals surface area (Å²) in [5.41, 5.74) is 1.53. The summed E-state index contributed by atoms with van der Waals surface area (Å²) in [7, 11) is 0. The minimum absolute atomic E-state index is 0.182. The molecule has 0 saturated carbocycles. The van der Waals surface area contributed by atoms with Crippen molar-refractivity contribution < 1.29 is 4.74 Å². The summed E-state index contributed by atoms with van der Waals surface area (Å²) >= 11 is 7.32. The summed E-state index contributed by atoms with van der Waals surface area (Å²) in [6.45, 7) is 2.84. The second-order valence-corrected chi connectivity index (χ2v) is 7.77. The van der Waals surface area contributed by atoms with Gasteiger partial charge in [0.15, 0.2) is 5.82 Å². The second kappa shape index (κ2) is 8.12. The Bertz CT molecular complexity index is 1210. The predicted octanol–water partition coefficient (Wildman–Crippen LogP) is 4.20. The SMILES string of the molecule is CCCCOc1ccc(-c2nc3sc(=Cc4cccc(Cl)c4)c(=O)n3n2)cc1. The van der Waals surface area contributed by atoms with Crippen LogP contribution in [0.5, 0.6) is 5.75 Å². The number of unbranched alkanes of at least 4 members (excludes halogenated alkanes) is 1. The first-order chi connectivity index (χ1) is 13.6. The van der Waals surface area contributed by atoms with Crippen LogP contribution < -0.4 is 14.8 Å². The highest BCUT2D eigenvalue weighted by atomic mass is 35.5. The van der Waals surface area contributed by atoms with Crippen LogP contribution >= 0.6 is 22.9 Å². The molecule has 0 aliphatic heterocycles. The highest BCUT2D eigenvalue weighted by Crippen LogP contribution is 2.20. The second-order valence-electron chi connectivity index (χ2n) is 6.33. The minimum atomic E-state index is -0.182. The quantitative estimate of drug-likeness (QED) is 0.446. The van der Waals surface area contributed by atoms with Crippen LogP contribution in [0, 0.1) is 0 Å². The zero-order valence-electron chi connectivity index (χ0n) is 15.3. The smallest absolute Gasteiger partial charge is 0.291 e. The predicted molar refractivity (Wildman–Crippen MR) is 113 cm³/mol. The van der Waals surface area contributed by atoms with E-state index in [1.54, 1.807) is 12.1 Å². The summed E-state index contributed by atoms with van der Waals surface area (Å²) in [6, 6.07) is 15.0. The standard InChI is InChI=1S/C21H18ClN3O2S/c1-2-3-11-27-17-9-7-15(8-10-17)19-23-21-25(24-19)20(26)18(28-21)13-14-5-4-6-16(22)12-14/h4-10,12-13H,2-3,11H2,1H3. The van der Waals surface area contributed by atoms with Crippen molar-refractivity contribution in [3.8, 4) is 17.1 Å². The van der Waals surface area contributed by atoms with Gasteiger partial charge in [-0.15, -0.1) is 5.10 Å². The lowest BCUT2D eigenvalue weighted by molar-refractivity contribution is 0.309. The van der Waals surface area contributed by atoms with Crippen LogP contribution in [0.4, 0.5) is 0 Å². The molecule has 2 heterocycles. The van der Waals surface area contributed by atoms with Gasteiger partial charge in [-0.05, 0) is 54.5 Å². The molecule has 0 aliphatic rings. The lowest BCUT2D eigenvalue weighted by atomic mass is 10.2. The van der Waals surface area contributed by atoms with Gasteiger partial charge < -0.3 is 4.74 Å². The van der Waals surface area contributed by atoms with Crippen molar-refractivity contribution in [2.75, 3.05) is 6.61 Å². The molecule has 0 amide bonds. The van der Waals surface area contributed by atoms with E-state index in [4.69, 9.17) is 16.3 Å². The maximum Gasteiger partial charge on any atom is 0.291 e. The fourth-order valence-electron chi connectivity index (χ4n) is 2.74. The van der Waals surface area contributed by atoms with E-state index in [1.165, 1.54) is 15.9 Å². The van der Waals surface area contributed by atoms with E-state index in [1.807, 2.05) is 42.5 Å². The number of hydrogen-bond acceptors (Lipinski definition) is 5. The number of nitrogens with zero attached hydrogens (tertiary/aromatic N) is 3. The third kappa shape index (κ3) is 3.93. The van der Waals surface area contributed by atoms with Gasteiger partial charge in [-0.1, -0.05) is 48.4 Å². The highest BCUT2D eigenvalue weighted by molar-refractivity contribution is 7.15. The molecule has 0 N–H and O–H groups in total. The van der Waals surface area contributed by atoms with Crippen molar-refractivity contribution in [3.63, 3.8) is 0 Å². The van der Waals surface area contributed by atoms with E-state index in [-0.39, 0.29) is 5.56 Å². The summed E-state index contributed by atoms with van der Waals surface area (Å²) in [5, 5.41) is 5.01. The first-order valence-corrected chi connectivity index (χ1v) is 10.2. The van der Waals surface area contributed by atoms with Crippen molar-refractivity contribution in [2.24, 2.45) is 0 Å². The van der Waals surface area contributed by atoms with Crippen LogP contribution in [0.25, 0.3) is 22.4 Å². The number of thiazole rings is 1. The molecule has 0 spiro atoms. The van der Waals surface area contributed by atoms with Gasteiger partial charge in [0.1, 0.15) is 5.75 Å². The molecule has 0 radical (unpaired) electrons. The van der Waals surface area contributed by atoms with Crippen molar-refractivity contribution in [3.05, 3.63) is 74.0 Å². The van der Waals surface area contributed by atoms with Gasteiger partial charge in [0.25, 0.3) is 5.56 Å². The Kier molecular flexibility index (Phi) is 5.41. The molecular weight excluding hydrogens is 394 g/mol. The van der Waals surface area contributed by atoms with Gasteiger partial charge in [0, 0.05) is 10.6 Å². The normalized spacial score (nSPS) is 12.0. The zero-order chi connectivity index (χ0) is 19.5. The first-order valence-electron chi connectivity index (χ1n) is 9.04. The molecule has 28 heavy (non-hydrogen) atoms. The van der Waals surface area contributed by atoms with Gasteiger partial charge in [0.2, 0.25) is 4.96 Å². The average molecular weight is 412 g/mol. The molecule has 4 aromatic rings. The minimum Gasteiger partial charge on any atom is -0.494 e. The number of fused-ring (bicyclic) bond motifs is 1. The molecule has 5 nitrogen and oxygen atoms in total. The Morgan fingerprint density at radius 2 is 2.04 bits per heavy atom. The average Bonchev–Trinajstić information content (AvgIpc) is 3.23. The number of ether oxygens (including phenoxy) is 1. The Labute approximate surface area is 170 Å². The van der Waals surface area contributed by atoms with Crippen molar-refractivity contribution in [2.45, 2.75) is 19.8 Å². The Hall–Kier alpha value is -2.70. The van der Waals surface area contributed by atoms with Gasteiger partial charge >= 0.3 is 0 Å². The van der Waals surface area contributed by atoms with Gasteiger partial charge in [-0.2, -0.15) is 9.50 Å². The van der Waals surface area contributed by atoms with Gasteiger partial charge in [-0.25, -0.2) is 0 Å². The van der Waals surface area contributed by atoms with Crippen LogP contribution in [0.3, 0.4) is 0 Å². The molecule has 7 heteroatoms. The monoisotopic (exact) mass is 411 g/mol. The maximum atomic E-state index is 12.6.